The SMILES string of the molecule is C=CCOC(=O)CC(C[N+](C)(C)C)OP(=O)(O)OCCCCCCCCCCCCCC.[OH-]. The molecule has 0 aliphatic heterocycles. The van der Waals surface area contributed by atoms with Crippen molar-refractivity contribution in [3.8, 4) is 0 Å². The monoisotopic (exact) mass is 495 g/mol. The van der Waals surface area contributed by atoms with Crippen molar-refractivity contribution in [2.45, 2.75) is 96.5 Å². The molecule has 0 aliphatic carbocycles. The van der Waals surface area contributed by atoms with Crippen LogP contribution in [0.4, 0.5) is 0 Å². The third-order valence-corrected chi connectivity index (χ3v) is 6.12. The normalized spacial score (nSPS) is 14.2. The predicted octanol–water partition coefficient (Wildman–Crippen LogP) is 5.84. The van der Waals surface area contributed by atoms with Crippen molar-refractivity contribution in [2.75, 3.05) is 40.9 Å². The van der Waals surface area contributed by atoms with Crippen molar-refractivity contribution < 1.29 is 38.0 Å². The summed E-state index contributed by atoms with van der Waals surface area (Å²) in [5.74, 6) is -0.496. The number of hydrogen-bond acceptors (Lipinski definition) is 6. The lowest BCUT2D eigenvalue weighted by Crippen LogP contribution is -2.43. The molecule has 2 atom stereocenters. The molecule has 0 rings (SSSR count). The Morgan fingerprint density at radius 3 is 1.91 bits per heavy atom. The second-order valence-corrected chi connectivity index (χ2v) is 11.0. The van der Waals surface area contributed by atoms with Gasteiger partial charge in [-0.05, 0) is 6.42 Å². The maximum atomic E-state index is 12.3. The van der Waals surface area contributed by atoms with Gasteiger partial charge < -0.3 is 19.6 Å². The number of phosphoric ester groups is 1. The fraction of sp³-hybridized carbons (Fsp3) is 0.875. The Balaban J connectivity index is 0. The first kappa shape index (κ1) is 34.4. The molecule has 0 saturated carbocycles. The molecule has 2 N–H and O–H groups in total. The van der Waals surface area contributed by atoms with Crippen molar-refractivity contribution in [1.82, 2.24) is 0 Å². The van der Waals surface area contributed by atoms with Gasteiger partial charge in [0.05, 0.1) is 34.2 Å². The minimum absolute atomic E-state index is 0. The van der Waals surface area contributed by atoms with Crippen LogP contribution in [0.1, 0.15) is 90.4 Å². The largest absolute Gasteiger partial charge is 0.870 e. The van der Waals surface area contributed by atoms with Crippen LogP contribution in [-0.4, -0.2) is 67.8 Å². The van der Waals surface area contributed by atoms with Gasteiger partial charge in [0.15, 0.2) is 0 Å². The third-order valence-electron chi connectivity index (χ3n) is 5.04. The van der Waals surface area contributed by atoms with Gasteiger partial charge in [0.2, 0.25) is 0 Å². The van der Waals surface area contributed by atoms with Gasteiger partial charge in [-0.25, -0.2) is 4.57 Å². The van der Waals surface area contributed by atoms with E-state index in [4.69, 9.17) is 13.8 Å². The first-order chi connectivity index (χ1) is 15.1. The van der Waals surface area contributed by atoms with Crippen molar-refractivity contribution in [3.05, 3.63) is 12.7 Å². The highest BCUT2D eigenvalue weighted by atomic mass is 31.2. The highest BCUT2D eigenvalue weighted by molar-refractivity contribution is 7.47. The van der Waals surface area contributed by atoms with E-state index in [9.17, 15) is 14.3 Å². The summed E-state index contributed by atoms with van der Waals surface area (Å²) in [4.78, 5) is 22.0. The van der Waals surface area contributed by atoms with Crippen LogP contribution in [0.5, 0.6) is 0 Å². The lowest BCUT2D eigenvalue weighted by Gasteiger charge is -2.29. The van der Waals surface area contributed by atoms with Crippen LogP contribution in [-0.2, 0) is 23.1 Å². The molecule has 0 amide bonds. The molecule has 0 fully saturated rings. The van der Waals surface area contributed by atoms with Crippen LogP contribution in [0.3, 0.4) is 0 Å². The quantitative estimate of drug-likeness (QED) is 0.0660. The number of phosphoric acid groups is 1. The lowest BCUT2D eigenvalue weighted by molar-refractivity contribution is -0.873. The fourth-order valence-electron chi connectivity index (χ4n) is 3.48. The maximum absolute atomic E-state index is 12.3. The van der Waals surface area contributed by atoms with Gasteiger partial charge in [-0.1, -0.05) is 90.2 Å². The fourth-order valence-corrected chi connectivity index (χ4v) is 4.42. The smallest absolute Gasteiger partial charge is 0.472 e. The molecule has 2 unspecified atom stereocenters. The van der Waals surface area contributed by atoms with E-state index in [1.54, 1.807) is 0 Å². The van der Waals surface area contributed by atoms with Crippen molar-refractivity contribution in [2.24, 2.45) is 0 Å². The number of carbonyl (C=O) groups is 1. The van der Waals surface area contributed by atoms with Crippen LogP contribution >= 0.6 is 7.82 Å². The summed E-state index contributed by atoms with van der Waals surface area (Å²) in [7, 11) is 1.52. The van der Waals surface area contributed by atoms with Gasteiger partial charge in [0.25, 0.3) is 0 Å². The molecule has 0 saturated heterocycles. The summed E-state index contributed by atoms with van der Waals surface area (Å²) < 4.78 is 28.3. The number of unbranched alkanes of at least 4 members (excludes halogenated alkanes) is 11. The van der Waals surface area contributed by atoms with Crippen molar-refractivity contribution in [1.29, 1.82) is 0 Å². The van der Waals surface area contributed by atoms with Crippen LogP contribution in [0.2, 0.25) is 0 Å². The van der Waals surface area contributed by atoms with Gasteiger partial charge in [-0.3, -0.25) is 13.8 Å². The molecule has 0 aliphatic rings. The summed E-state index contributed by atoms with van der Waals surface area (Å²) in [6.45, 7) is 6.38. The molecule has 33 heavy (non-hydrogen) atoms. The Hall–Kier alpha value is -0.760. The van der Waals surface area contributed by atoms with E-state index in [0.29, 0.717) is 17.4 Å². The molecule has 198 valence electrons. The topological polar surface area (TPSA) is 112 Å². The average Bonchev–Trinajstić information content (AvgIpc) is 2.68. The molecular weight excluding hydrogens is 445 g/mol. The highest BCUT2D eigenvalue weighted by Gasteiger charge is 2.32. The molecular formula is C24H50NO7P. The van der Waals surface area contributed by atoms with E-state index in [0.717, 1.165) is 12.8 Å². The van der Waals surface area contributed by atoms with E-state index < -0.39 is 19.9 Å². The number of hydrogen-bond donors (Lipinski definition) is 1. The molecule has 8 nitrogen and oxygen atoms in total. The summed E-state index contributed by atoms with van der Waals surface area (Å²) in [6.07, 6.45) is 15.2. The van der Waals surface area contributed by atoms with Crippen molar-refractivity contribution in [3.63, 3.8) is 0 Å². The first-order valence-electron chi connectivity index (χ1n) is 12.3. The Labute approximate surface area is 202 Å². The number of ether oxygens (including phenoxy) is 1. The van der Waals surface area contributed by atoms with Crippen molar-refractivity contribution >= 4 is 13.8 Å². The lowest BCUT2D eigenvalue weighted by atomic mass is 10.1. The van der Waals surface area contributed by atoms with Crippen LogP contribution < -0.4 is 0 Å². The molecule has 0 radical (unpaired) electrons. The Kier molecular flexibility index (Phi) is 21.5. The minimum Gasteiger partial charge on any atom is -0.870 e. The molecule has 0 aromatic carbocycles. The number of rotatable bonds is 22. The number of carbonyl (C=O) groups excluding carboxylic acids is 1. The molecule has 0 heterocycles. The van der Waals surface area contributed by atoms with E-state index in [-0.39, 0.29) is 25.1 Å². The van der Waals surface area contributed by atoms with E-state index in [1.165, 1.54) is 63.9 Å². The van der Waals surface area contributed by atoms with E-state index in [1.807, 2.05) is 21.1 Å². The minimum atomic E-state index is -4.24. The zero-order valence-electron chi connectivity index (χ0n) is 21.5. The molecule has 0 aromatic rings. The number of likely N-dealkylation sites (N-methyl/N-ethyl adjacent to an activating group) is 1. The predicted molar refractivity (Wildman–Crippen MR) is 132 cm³/mol. The Morgan fingerprint density at radius 1 is 0.970 bits per heavy atom. The van der Waals surface area contributed by atoms with E-state index in [2.05, 4.69) is 13.5 Å². The number of nitrogens with zero attached hydrogens (tertiary/aromatic N) is 1. The first-order valence-corrected chi connectivity index (χ1v) is 13.8. The number of quaternary nitrogens is 1. The zero-order chi connectivity index (χ0) is 24.3. The molecule has 0 bridgehead atoms. The second-order valence-electron chi connectivity index (χ2n) is 9.57. The Morgan fingerprint density at radius 2 is 1.45 bits per heavy atom. The second kappa shape index (κ2) is 20.6. The van der Waals surface area contributed by atoms with Gasteiger partial charge >= 0.3 is 13.8 Å². The van der Waals surface area contributed by atoms with Crippen LogP contribution in [0.15, 0.2) is 12.7 Å². The van der Waals surface area contributed by atoms with Crippen LogP contribution in [0.25, 0.3) is 0 Å². The Bertz CT molecular complexity index is 537. The highest BCUT2D eigenvalue weighted by Crippen LogP contribution is 2.45. The summed E-state index contributed by atoms with van der Waals surface area (Å²) in [5, 5.41) is 0. The average molecular weight is 496 g/mol. The van der Waals surface area contributed by atoms with Gasteiger partial charge in [-0.2, -0.15) is 0 Å². The van der Waals surface area contributed by atoms with Gasteiger partial charge in [0, 0.05) is 0 Å². The summed E-state index contributed by atoms with van der Waals surface area (Å²) in [5.41, 5.74) is 0. The third kappa shape index (κ3) is 24.2. The molecule has 9 heteroatoms. The standard InChI is InChI=1S/C24H48NO6P.H2O/c1-6-8-9-10-11-12-13-14-15-16-17-18-20-30-32(27,28)31-23(22-25(3,4)5)21-24(26)29-19-7-2;/h7,23H,2,6,8-22H2,1,3-5H3;1H2. The van der Waals surface area contributed by atoms with Gasteiger partial charge in [0.1, 0.15) is 19.3 Å². The molecule has 0 aromatic heterocycles. The summed E-state index contributed by atoms with van der Waals surface area (Å²) in [6, 6.07) is 0. The maximum Gasteiger partial charge on any atom is 0.472 e. The molecule has 0 spiro atoms. The number of esters is 1. The van der Waals surface area contributed by atoms with Gasteiger partial charge in [-0.15, -0.1) is 0 Å². The zero-order valence-corrected chi connectivity index (χ0v) is 22.4. The van der Waals surface area contributed by atoms with Crippen LogP contribution in [0, 0.1) is 0 Å². The summed E-state index contributed by atoms with van der Waals surface area (Å²) >= 11 is 0. The van der Waals surface area contributed by atoms with E-state index >= 15 is 0 Å².